The molecule has 0 aliphatic carbocycles. The minimum absolute atomic E-state index is 0.180. The van der Waals surface area contributed by atoms with E-state index in [0.29, 0.717) is 44.8 Å². The fourth-order valence-corrected chi connectivity index (χ4v) is 3.92. The zero-order valence-electron chi connectivity index (χ0n) is 17.3. The van der Waals surface area contributed by atoms with Gasteiger partial charge in [0.15, 0.2) is 5.60 Å². The van der Waals surface area contributed by atoms with Crippen molar-refractivity contribution in [3.05, 3.63) is 102 Å². The monoisotopic (exact) mass is 419 g/mol. The Kier molecular flexibility index (Phi) is 6.70. The van der Waals surface area contributed by atoms with Crippen LogP contribution in [0.2, 0.25) is 0 Å². The molecule has 2 heterocycles. The van der Waals surface area contributed by atoms with Gasteiger partial charge in [0.1, 0.15) is 5.82 Å². The molecule has 4 rings (SSSR count). The first-order valence-electron chi connectivity index (χ1n) is 10.5. The SMILES string of the molecule is O=C(NCc1ccccc1)C1(Cc2ccccn2)CN(Cc2ccccc2F)CCO1. The second kappa shape index (κ2) is 9.81. The smallest absolute Gasteiger partial charge is 0.254 e. The lowest BCUT2D eigenvalue weighted by molar-refractivity contribution is -0.161. The van der Waals surface area contributed by atoms with Crippen LogP contribution in [0.4, 0.5) is 4.39 Å². The molecule has 1 N–H and O–H groups in total. The molecule has 1 aliphatic heterocycles. The molecule has 1 amide bonds. The van der Waals surface area contributed by atoms with Crippen LogP contribution in [0.1, 0.15) is 16.8 Å². The molecule has 0 saturated carbocycles. The van der Waals surface area contributed by atoms with E-state index < -0.39 is 5.60 Å². The average molecular weight is 420 g/mol. The van der Waals surface area contributed by atoms with Crippen molar-refractivity contribution in [2.45, 2.75) is 25.1 Å². The van der Waals surface area contributed by atoms with Crippen LogP contribution in [-0.2, 0) is 29.0 Å². The minimum atomic E-state index is -1.09. The van der Waals surface area contributed by atoms with Crippen molar-refractivity contribution >= 4 is 5.91 Å². The van der Waals surface area contributed by atoms with Gasteiger partial charge >= 0.3 is 0 Å². The Hall–Kier alpha value is -3.09. The van der Waals surface area contributed by atoms with E-state index >= 15 is 0 Å². The van der Waals surface area contributed by atoms with Gasteiger partial charge in [-0.2, -0.15) is 0 Å². The number of carbonyl (C=O) groups excluding carboxylic acids is 1. The third-order valence-corrected chi connectivity index (χ3v) is 5.52. The predicted molar refractivity (Wildman–Crippen MR) is 117 cm³/mol. The Morgan fingerprint density at radius 3 is 2.61 bits per heavy atom. The molecule has 1 unspecified atom stereocenters. The van der Waals surface area contributed by atoms with Gasteiger partial charge in [0.2, 0.25) is 0 Å². The van der Waals surface area contributed by atoms with Crippen LogP contribution in [0.25, 0.3) is 0 Å². The van der Waals surface area contributed by atoms with Crippen molar-refractivity contribution in [2.24, 2.45) is 0 Å². The second-order valence-electron chi connectivity index (χ2n) is 7.81. The van der Waals surface area contributed by atoms with E-state index in [2.05, 4.69) is 15.2 Å². The molecule has 1 atom stereocenters. The number of pyridine rings is 1. The van der Waals surface area contributed by atoms with Crippen molar-refractivity contribution < 1.29 is 13.9 Å². The van der Waals surface area contributed by atoms with Crippen molar-refractivity contribution in [2.75, 3.05) is 19.7 Å². The van der Waals surface area contributed by atoms with E-state index in [-0.39, 0.29) is 11.7 Å². The molecule has 6 heteroatoms. The minimum Gasteiger partial charge on any atom is -0.362 e. The molecular weight excluding hydrogens is 393 g/mol. The van der Waals surface area contributed by atoms with Gasteiger partial charge < -0.3 is 10.1 Å². The standard InChI is InChI=1S/C25H26FN3O2/c26-23-12-5-4-10-21(23)18-29-14-15-31-25(19-29,16-22-11-6-7-13-27-22)24(30)28-17-20-8-2-1-3-9-20/h1-13H,14-19H2,(H,28,30). The number of benzene rings is 2. The lowest BCUT2D eigenvalue weighted by atomic mass is 9.93. The van der Waals surface area contributed by atoms with Crippen molar-refractivity contribution in [1.29, 1.82) is 0 Å². The number of nitrogens with zero attached hydrogens (tertiary/aromatic N) is 2. The number of hydrogen-bond donors (Lipinski definition) is 1. The van der Waals surface area contributed by atoms with Crippen molar-refractivity contribution in [3.8, 4) is 0 Å². The van der Waals surface area contributed by atoms with Crippen LogP contribution in [0.5, 0.6) is 0 Å². The Bertz CT molecular complexity index is 1000. The molecule has 0 spiro atoms. The number of amides is 1. The van der Waals surface area contributed by atoms with E-state index in [1.807, 2.05) is 54.6 Å². The lowest BCUT2D eigenvalue weighted by Gasteiger charge is -2.41. The first-order chi connectivity index (χ1) is 15.1. The molecule has 0 radical (unpaired) electrons. The highest BCUT2D eigenvalue weighted by atomic mass is 19.1. The summed E-state index contributed by atoms with van der Waals surface area (Å²) in [5, 5.41) is 3.03. The quantitative estimate of drug-likeness (QED) is 0.638. The van der Waals surface area contributed by atoms with Crippen LogP contribution in [-0.4, -0.2) is 41.1 Å². The molecule has 31 heavy (non-hydrogen) atoms. The largest absolute Gasteiger partial charge is 0.362 e. The predicted octanol–water partition coefficient (Wildman–Crippen LogP) is 3.35. The highest BCUT2D eigenvalue weighted by Gasteiger charge is 2.44. The first-order valence-corrected chi connectivity index (χ1v) is 10.5. The number of nitrogens with one attached hydrogen (secondary N) is 1. The highest BCUT2D eigenvalue weighted by molar-refractivity contribution is 5.86. The summed E-state index contributed by atoms with van der Waals surface area (Å²) >= 11 is 0. The molecule has 2 aromatic carbocycles. The number of morpholine rings is 1. The fraction of sp³-hybridized carbons (Fsp3) is 0.280. The van der Waals surface area contributed by atoms with E-state index in [9.17, 15) is 9.18 Å². The van der Waals surface area contributed by atoms with Gasteiger partial charge in [0.25, 0.3) is 5.91 Å². The number of rotatable bonds is 7. The maximum absolute atomic E-state index is 14.2. The van der Waals surface area contributed by atoms with Gasteiger partial charge in [-0.05, 0) is 23.8 Å². The molecule has 5 nitrogen and oxygen atoms in total. The molecule has 1 aromatic heterocycles. The lowest BCUT2D eigenvalue weighted by Crippen LogP contribution is -2.60. The van der Waals surface area contributed by atoms with Crippen LogP contribution in [0.3, 0.4) is 0 Å². The third-order valence-electron chi connectivity index (χ3n) is 5.52. The van der Waals surface area contributed by atoms with E-state index in [0.717, 1.165) is 11.3 Å². The maximum Gasteiger partial charge on any atom is 0.254 e. The highest BCUT2D eigenvalue weighted by Crippen LogP contribution is 2.25. The summed E-state index contributed by atoms with van der Waals surface area (Å²) in [4.78, 5) is 19.9. The number of carbonyl (C=O) groups is 1. The molecule has 1 saturated heterocycles. The van der Waals surface area contributed by atoms with Gasteiger partial charge in [-0.3, -0.25) is 14.7 Å². The number of halogens is 1. The van der Waals surface area contributed by atoms with E-state index in [4.69, 9.17) is 4.74 Å². The fourth-order valence-electron chi connectivity index (χ4n) is 3.92. The summed E-state index contributed by atoms with van der Waals surface area (Å²) in [6.07, 6.45) is 2.06. The third kappa shape index (κ3) is 5.34. The number of ether oxygens (including phenoxy) is 1. The topological polar surface area (TPSA) is 54.5 Å². The van der Waals surface area contributed by atoms with Gasteiger partial charge in [-0.25, -0.2) is 4.39 Å². The Morgan fingerprint density at radius 2 is 1.84 bits per heavy atom. The van der Waals surface area contributed by atoms with Crippen LogP contribution in [0.15, 0.2) is 79.0 Å². The maximum atomic E-state index is 14.2. The van der Waals surface area contributed by atoms with E-state index in [1.54, 1.807) is 18.3 Å². The zero-order valence-corrected chi connectivity index (χ0v) is 17.3. The Labute approximate surface area is 181 Å². The first kappa shape index (κ1) is 21.2. The summed E-state index contributed by atoms with van der Waals surface area (Å²) in [5.74, 6) is -0.418. The van der Waals surface area contributed by atoms with Crippen molar-refractivity contribution in [1.82, 2.24) is 15.2 Å². The molecule has 1 aliphatic rings. The molecule has 160 valence electrons. The van der Waals surface area contributed by atoms with Gasteiger partial charge in [0.05, 0.1) is 6.61 Å². The second-order valence-corrected chi connectivity index (χ2v) is 7.81. The summed E-state index contributed by atoms with van der Waals surface area (Å²) in [7, 11) is 0. The molecular formula is C25H26FN3O2. The van der Waals surface area contributed by atoms with Gasteiger partial charge in [-0.15, -0.1) is 0 Å². The zero-order chi connectivity index (χ0) is 21.5. The van der Waals surface area contributed by atoms with Crippen LogP contribution in [0, 0.1) is 5.82 Å². The summed E-state index contributed by atoms with van der Waals surface area (Å²) in [6, 6.07) is 22.2. The van der Waals surface area contributed by atoms with Crippen LogP contribution < -0.4 is 5.32 Å². The van der Waals surface area contributed by atoms with Crippen molar-refractivity contribution in [3.63, 3.8) is 0 Å². The summed E-state index contributed by atoms with van der Waals surface area (Å²) in [5.41, 5.74) is 1.32. The molecule has 3 aromatic rings. The van der Waals surface area contributed by atoms with Gasteiger partial charge in [-0.1, -0.05) is 54.6 Å². The average Bonchev–Trinajstić information content (AvgIpc) is 2.80. The summed E-state index contributed by atoms with van der Waals surface area (Å²) in [6.45, 7) is 2.22. The number of hydrogen-bond acceptors (Lipinski definition) is 4. The number of aromatic nitrogens is 1. The summed E-state index contributed by atoms with van der Waals surface area (Å²) < 4.78 is 20.3. The normalized spacial score (nSPS) is 19.1. The Morgan fingerprint density at radius 1 is 1.06 bits per heavy atom. The van der Waals surface area contributed by atoms with Crippen LogP contribution >= 0.6 is 0 Å². The molecule has 0 bridgehead atoms. The molecule has 1 fully saturated rings. The van der Waals surface area contributed by atoms with E-state index in [1.165, 1.54) is 6.07 Å². The van der Waals surface area contributed by atoms with Gasteiger partial charge in [0, 0.05) is 50.1 Å². The Balaban J connectivity index is 1.54.